The van der Waals surface area contributed by atoms with E-state index in [-0.39, 0.29) is 11.2 Å². The van der Waals surface area contributed by atoms with Crippen molar-refractivity contribution < 1.29 is 8.78 Å². The number of aryl methyl sites for hydroxylation is 1. The maximum atomic E-state index is 13.4. The first-order chi connectivity index (χ1) is 12.9. The lowest BCUT2D eigenvalue weighted by molar-refractivity contribution is 0.509. The summed E-state index contributed by atoms with van der Waals surface area (Å²) in [5.74, 6) is -1.92. The summed E-state index contributed by atoms with van der Waals surface area (Å²) in [5.41, 5.74) is 1.65. The summed E-state index contributed by atoms with van der Waals surface area (Å²) in [5, 5.41) is 3.63. The standard InChI is InChI=1S/C18H11ClF2N4OS/c1-9-3-2-4-11(19)14(9)25-8-22-16-15(17(25)26)27-18(24-16)23-10-5-6-12(20)13(21)7-10/h2-8H,1H3,(H,23,24). The van der Waals surface area contributed by atoms with Crippen molar-refractivity contribution in [3.63, 3.8) is 0 Å². The summed E-state index contributed by atoms with van der Waals surface area (Å²) >= 11 is 7.32. The predicted molar refractivity (Wildman–Crippen MR) is 102 cm³/mol. The first kappa shape index (κ1) is 17.6. The Morgan fingerprint density at radius 1 is 1.19 bits per heavy atom. The van der Waals surface area contributed by atoms with E-state index in [9.17, 15) is 13.6 Å². The van der Waals surface area contributed by atoms with Gasteiger partial charge in [-0.3, -0.25) is 9.36 Å². The summed E-state index contributed by atoms with van der Waals surface area (Å²) < 4.78 is 28.1. The van der Waals surface area contributed by atoms with Crippen LogP contribution in [0.2, 0.25) is 5.02 Å². The number of aromatic nitrogens is 3. The summed E-state index contributed by atoms with van der Waals surface area (Å²) in [6.45, 7) is 1.85. The molecular weight excluding hydrogens is 394 g/mol. The van der Waals surface area contributed by atoms with E-state index in [1.54, 1.807) is 12.1 Å². The molecule has 1 N–H and O–H groups in total. The largest absolute Gasteiger partial charge is 0.331 e. The Hall–Kier alpha value is -2.84. The van der Waals surface area contributed by atoms with E-state index in [0.717, 1.165) is 29.0 Å². The molecule has 2 aromatic carbocycles. The molecule has 136 valence electrons. The number of nitrogens with one attached hydrogen (secondary N) is 1. The summed E-state index contributed by atoms with van der Waals surface area (Å²) in [6, 6.07) is 8.75. The molecule has 0 amide bonds. The molecule has 0 radical (unpaired) electrons. The Bertz CT molecular complexity index is 1220. The van der Waals surface area contributed by atoms with Crippen molar-refractivity contribution in [2.24, 2.45) is 0 Å². The lowest BCUT2D eigenvalue weighted by Crippen LogP contribution is -2.19. The van der Waals surface area contributed by atoms with Gasteiger partial charge in [-0.2, -0.15) is 4.98 Å². The maximum Gasteiger partial charge on any atom is 0.277 e. The van der Waals surface area contributed by atoms with Gasteiger partial charge in [-0.15, -0.1) is 0 Å². The lowest BCUT2D eigenvalue weighted by Gasteiger charge is -2.10. The third-order valence-corrected chi connectivity index (χ3v) is 5.17. The highest BCUT2D eigenvalue weighted by atomic mass is 35.5. The van der Waals surface area contributed by atoms with Crippen LogP contribution in [0.1, 0.15) is 5.56 Å². The molecule has 27 heavy (non-hydrogen) atoms. The van der Waals surface area contributed by atoms with E-state index >= 15 is 0 Å². The third-order valence-electron chi connectivity index (χ3n) is 3.92. The summed E-state index contributed by atoms with van der Waals surface area (Å²) in [7, 11) is 0. The molecule has 0 saturated carbocycles. The van der Waals surface area contributed by atoms with Gasteiger partial charge in [-0.25, -0.2) is 13.8 Å². The smallest absolute Gasteiger partial charge is 0.277 e. The highest BCUT2D eigenvalue weighted by Crippen LogP contribution is 2.27. The molecule has 9 heteroatoms. The van der Waals surface area contributed by atoms with Crippen molar-refractivity contribution in [2.75, 3.05) is 5.32 Å². The third kappa shape index (κ3) is 3.17. The minimum Gasteiger partial charge on any atom is -0.331 e. The molecule has 0 aliphatic heterocycles. The Morgan fingerprint density at radius 3 is 2.74 bits per heavy atom. The molecule has 0 saturated heterocycles. The van der Waals surface area contributed by atoms with Gasteiger partial charge in [0.2, 0.25) is 0 Å². The fraction of sp³-hybridized carbons (Fsp3) is 0.0556. The van der Waals surface area contributed by atoms with Crippen molar-refractivity contribution in [3.8, 4) is 5.69 Å². The average molecular weight is 405 g/mol. The normalized spacial score (nSPS) is 11.1. The molecular formula is C18H11ClF2N4OS. The van der Waals surface area contributed by atoms with Gasteiger partial charge < -0.3 is 5.32 Å². The van der Waals surface area contributed by atoms with Crippen molar-refractivity contribution in [3.05, 3.63) is 75.3 Å². The zero-order chi connectivity index (χ0) is 19.1. The number of benzene rings is 2. The van der Waals surface area contributed by atoms with Crippen molar-refractivity contribution >= 4 is 44.1 Å². The SMILES string of the molecule is Cc1cccc(Cl)c1-n1cnc2nc(Nc3ccc(F)c(F)c3)sc2c1=O. The van der Waals surface area contributed by atoms with E-state index in [1.807, 2.05) is 13.0 Å². The van der Waals surface area contributed by atoms with E-state index in [0.29, 0.717) is 26.2 Å². The van der Waals surface area contributed by atoms with E-state index < -0.39 is 11.6 Å². The molecule has 0 unspecified atom stereocenters. The topological polar surface area (TPSA) is 59.8 Å². The van der Waals surface area contributed by atoms with Crippen LogP contribution in [-0.2, 0) is 0 Å². The van der Waals surface area contributed by atoms with E-state index in [1.165, 1.54) is 17.0 Å². The van der Waals surface area contributed by atoms with Crippen LogP contribution in [0.5, 0.6) is 0 Å². The molecule has 4 rings (SSSR count). The van der Waals surface area contributed by atoms with E-state index in [4.69, 9.17) is 11.6 Å². The van der Waals surface area contributed by atoms with Gasteiger partial charge in [0.1, 0.15) is 11.0 Å². The van der Waals surface area contributed by atoms with Crippen LogP contribution in [0.3, 0.4) is 0 Å². The van der Waals surface area contributed by atoms with Gasteiger partial charge in [-0.05, 0) is 30.7 Å². The number of nitrogens with zero attached hydrogens (tertiary/aromatic N) is 3. The number of thiazole rings is 1. The minimum absolute atomic E-state index is 0.260. The molecule has 0 atom stereocenters. The van der Waals surface area contributed by atoms with E-state index in [2.05, 4.69) is 15.3 Å². The second kappa shape index (κ2) is 6.71. The number of para-hydroxylation sites is 1. The molecule has 2 heterocycles. The quantitative estimate of drug-likeness (QED) is 0.531. The molecule has 4 aromatic rings. The second-order valence-electron chi connectivity index (χ2n) is 5.75. The van der Waals surface area contributed by atoms with Crippen molar-refractivity contribution in [1.82, 2.24) is 14.5 Å². The van der Waals surface area contributed by atoms with Gasteiger partial charge in [-0.1, -0.05) is 35.1 Å². The molecule has 0 aliphatic rings. The van der Waals surface area contributed by atoms with Gasteiger partial charge in [0.15, 0.2) is 22.4 Å². The van der Waals surface area contributed by atoms with Crippen LogP contribution in [0.4, 0.5) is 19.6 Å². The minimum atomic E-state index is -0.976. The van der Waals surface area contributed by atoms with Gasteiger partial charge in [0, 0.05) is 11.8 Å². The lowest BCUT2D eigenvalue weighted by atomic mass is 10.2. The molecule has 5 nitrogen and oxygen atoms in total. The first-order valence-electron chi connectivity index (χ1n) is 7.80. The molecule has 0 spiro atoms. The highest BCUT2D eigenvalue weighted by Gasteiger charge is 2.15. The Kier molecular flexibility index (Phi) is 4.37. The van der Waals surface area contributed by atoms with Gasteiger partial charge >= 0.3 is 0 Å². The fourth-order valence-corrected chi connectivity index (χ4v) is 3.83. The van der Waals surface area contributed by atoms with Crippen molar-refractivity contribution in [2.45, 2.75) is 6.92 Å². The monoisotopic (exact) mass is 404 g/mol. The first-order valence-corrected chi connectivity index (χ1v) is 8.99. The summed E-state index contributed by atoms with van der Waals surface area (Å²) in [6.07, 6.45) is 1.37. The van der Waals surface area contributed by atoms with Crippen LogP contribution < -0.4 is 10.9 Å². The number of fused-ring (bicyclic) bond motifs is 1. The summed E-state index contributed by atoms with van der Waals surface area (Å²) in [4.78, 5) is 21.4. The predicted octanol–water partition coefficient (Wildman–Crippen LogP) is 4.83. The Labute approximate surface area is 160 Å². The zero-order valence-corrected chi connectivity index (χ0v) is 15.4. The highest BCUT2D eigenvalue weighted by molar-refractivity contribution is 7.22. The average Bonchev–Trinajstić information content (AvgIpc) is 3.03. The number of rotatable bonds is 3. The number of hydrogen-bond donors (Lipinski definition) is 1. The maximum absolute atomic E-state index is 13.4. The molecule has 0 fully saturated rings. The Balaban J connectivity index is 1.78. The van der Waals surface area contributed by atoms with Crippen LogP contribution in [0.15, 0.2) is 47.5 Å². The van der Waals surface area contributed by atoms with Gasteiger partial charge in [0.05, 0.1) is 10.7 Å². The van der Waals surface area contributed by atoms with Crippen LogP contribution in [0, 0.1) is 18.6 Å². The number of halogens is 3. The van der Waals surface area contributed by atoms with Crippen LogP contribution in [-0.4, -0.2) is 14.5 Å². The number of hydrogen-bond acceptors (Lipinski definition) is 5. The molecule has 2 aromatic heterocycles. The zero-order valence-electron chi connectivity index (χ0n) is 13.8. The Morgan fingerprint density at radius 2 is 2.00 bits per heavy atom. The fourth-order valence-electron chi connectivity index (χ4n) is 2.65. The van der Waals surface area contributed by atoms with Crippen molar-refractivity contribution in [1.29, 1.82) is 0 Å². The molecule has 0 aliphatic carbocycles. The van der Waals surface area contributed by atoms with Crippen LogP contribution >= 0.6 is 22.9 Å². The van der Waals surface area contributed by atoms with Gasteiger partial charge in [0.25, 0.3) is 5.56 Å². The molecule has 0 bridgehead atoms. The van der Waals surface area contributed by atoms with Crippen LogP contribution in [0.25, 0.3) is 16.0 Å². The second-order valence-corrected chi connectivity index (χ2v) is 7.16. The number of anilines is 2.